The zero-order valence-electron chi connectivity index (χ0n) is 15.6. The van der Waals surface area contributed by atoms with E-state index in [0.717, 1.165) is 5.56 Å². The van der Waals surface area contributed by atoms with Crippen LogP contribution < -0.4 is 43.6 Å². The summed E-state index contributed by atoms with van der Waals surface area (Å²) in [6.45, 7) is 0.420. The number of primary sulfonamides is 1. The Bertz CT molecular complexity index is 1110. The molecule has 3 aromatic rings. The number of hydrogen-bond acceptors (Lipinski definition) is 6. The SMILES string of the molecule is Nc1[nH+]c(NCc2ccc(S(N)(=O)=O)cc2)ccc1NC(=O)Oc1ccccc1.[Cl-]. The smallest absolute Gasteiger partial charge is 0.417 e. The number of sulfonamides is 1. The Balaban J connectivity index is 0.00000320. The zero-order chi connectivity index (χ0) is 20.9. The van der Waals surface area contributed by atoms with Crippen LogP contribution in [0.1, 0.15) is 5.56 Å². The Labute approximate surface area is 179 Å². The second-order valence-corrected chi connectivity index (χ2v) is 7.63. The maximum absolute atomic E-state index is 12.0. The van der Waals surface area contributed by atoms with Crippen molar-refractivity contribution in [3.8, 4) is 5.75 Å². The number of carbonyl (C=O) groups excluding carboxylic acids is 1. The second-order valence-electron chi connectivity index (χ2n) is 6.07. The molecule has 0 fully saturated rings. The summed E-state index contributed by atoms with van der Waals surface area (Å²) in [5.74, 6) is 1.27. The van der Waals surface area contributed by atoms with E-state index in [4.69, 9.17) is 15.6 Å². The monoisotopic (exact) mass is 449 g/mol. The number of aromatic nitrogens is 1. The Hall–Kier alpha value is -3.34. The first-order valence-electron chi connectivity index (χ1n) is 8.52. The number of nitrogen functional groups attached to an aromatic ring is 1. The molecule has 11 heteroatoms. The van der Waals surface area contributed by atoms with E-state index in [2.05, 4.69) is 15.6 Å². The number of nitrogens with two attached hydrogens (primary N) is 2. The molecule has 0 atom stereocenters. The number of carbonyl (C=O) groups is 1. The minimum absolute atomic E-state index is 0. The van der Waals surface area contributed by atoms with Crippen molar-refractivity contribution in [2.75, 3.05) is 16.4 Å². The highest BCUT2D eigenvalue weighted by atomic mass is 35.5. The van der Waals surface area contributed by atoms with Gasteiger partial charge in [0.05, 0.1) is 11.4 Å². The van der Waals surface area contributed by atoms with E-state index in [0.29, 0.717) is 23.8 Å². The van der Waals surface area contributed by atoms with Gasteiger partial charge < -0.3 is 28.2 Å². The van der Waals surface area contributed by atoms with E-state index in [9.17, 15) is 13.2 Å². The molecule has 0 spiro atoms. The average Bonchev–Trinajstić information content (AvgIpc) is 2.68. The highest BCUT2D eigenvalue weighted by Crippen LogP contribution is 2.17. The van der Waals surface area contributed by atoms with E-state index in [-0.39, 0.29) is 23.1 Å². The summed E-state index contributed by atoms with van der Waals surface area (Å²) in [7, 11) is -3.71. The third-order valence-electron chi connectivity index (χ3n) is 3.90. The summed E-state index contributed by atoms with van der Waals surface area (Å²) in [6.07, 6.45) is -0.660. The van der Waals surface area contributed by atoms with Gasteiger partial charge in [-0.15, -0.1) is 0 Å². The largest absolute Gasteiger partial charge is 1.00 e. The first kappa shape index (κ1) is 22.9. The number of halogens is 1. The topological polar surface area (TPSA) is 151 Å². The Morgan fingerprint density at radius 2 is 1.67 bits per heavy atom. The fourth-order valence-corrected chi connectivity index (χ4v) is 2.96. The molecule has 9 nitrogen and oxygen atoms in total. The van der Waals surface area contributed by atoms with Crippen molar-refractivity contribution < 1.29 is 35.3 Å². The zero-order valence-corrected chi connectivity index (χ0v) is 17.2. The normalized spacial score (nSPS) is 10.6. The van der Waals surface area contributed by atoms with Crippen LogP contribution in [0.25, 0.3) is 0 Å². The number of amides is 1. The van der Waals surface area contributed by atoms with Crippen LogP contribution in [0.2, 0.25) is 0 Å². The highest BCUT2D eigenvalue weighted by molar-refractivity contribution is 7.89. The molecule has 1 amide bonds. The molecular formula is C19H20ClN5O4S. The van der Waals surface area contributed by atoms with Gasteiger partial charge in [0.1, 0.15) is 11.4 Å². The molecule has 30 heavy (non-hydrogen) atoms. The Morgan fingerprint density at radius 3 is 2.27 bits per heavy atom. The number of pyridine rings is 1. The first-order chi connectivity index (χ1) is 13.8. The van der Waals surface area contributed by atoms with Gasteiger partial charge in [-0.2, -0.15) is 0 Å². The number of benzene rings is 2. The van der Waals surface area contributed by atoms with Crippen LogP contribution in [-0.4, -0.2) is 14.5 Å². The molecule has 3 rings (SSSR count). The van der Waals surface area contributed by atoms with Crippen molar-refractivity contribution in [3.05, 3.63) is 72.3 Å². The van der Waals surface area contributed by atoms with Gasteiger partial charge in [-0.3, -0.25) is 5.32 Å². The summed E-state index contributed by atoms with van der Waals surface area (Å²) in [4.78, 5) is 14.9. The van der Waals surface area contributed by atoms with Gasteiger partial charge in [-0.1, -0.05) is 30.3 Å². The number of hydrogen-bond donors (Lipinski definition) is 4. The lowest BCUT2D eigenvalue weighted by Gasteiger charge is -2.08. The Morgan fingerprint density at radius 1 is 1.00 bits per heavy atom. The van der Waals surface area contributed by atoms with E-state index < -0.39 is 16.1 Å². The highest BCUT2D eigenvalue weighted by Gasteiger charge is 2.12. The van der Waals surface area contributed by atoms with Gasteiger partial charge in [0.2, 0.25) is 21.7 Å². The fourth-order valence-electron chi connectivity index (χ4n) is 2.45. The van der Waals surface area contributed by atoms with Crippen LogP contribution >= 0.6 is 0 Å². The van der Waals surface area contributed by atoms with E-state index in [1.807, 2.05) is 6.07 Å². The van der Waals surface area contributed by atoms with Gasteiger partial charge in [0.15, 0.2) is 0 Å². The molecular weight excluding hydrogens is 430 g/mol. The molecule has 0 saturated heterocycles. The van der Waals surface area contributed by atoms with Gasteiger partial charge >= 0.3 is 6.09 Å². The molecule has 7 N–H and O–H groups in total. The van der Waals surface area contributed by atoms with Crippen molar-refractivity contribution in [1.82, 2.24) is 0 Å². The number of ether oxygens (including phenoxy) is 1. The summed E-state index contributed by atoms with van der Waals surface area (Å²) in [6, 6.07) is 18.2. The minimum atomic E-state index is -3.71. The average molecular weight is 450 g/mol. The van der Waals surface area contributed by atoms with E-state index >= 15 is 0 Å². The van der Waals surface area contributed by atoms with Crippen LogP contribution in [0.3, 0.4) is 0 Å². The minimum Gasteiger partial charge on any atom is -1.00 e. The van der Waals surface area contributed by atoms with Gasteiger partial charge in [-0.05, 0) is 35.9 Å². The van der Waals surface area contributed by atoms with Crippen LogP contribution in [0.15, 0.2) is 71.6 Å². The second kappa shape index (κ2) is 9.92. The third kappa shape index (κ3) is 6.34. The van der Waals surface area contributed by atoms with Crippen molar-refractivity contribution in [3.63, 3.8) is 0 Å². The molecule has 1 aromatic heterocycles. The number of anilines is 3. The van der Waals surface area contributed by atoms with Gasteiger partial charge in [-0.25, -0.2) is 23.3 Å². The molecule has 158 valence electrons. The molecule has 1 heterocycles. The van der Waals surface area contributed by atoms with Gasteiger partial charge in [0.25, 0.3) is 0 Å². The van der Waals surface area contributed by atoms with E-state index in [1.54, 1.807) is 48.5 Å². The third-order valence-corrected chi connectivity index (χ3v) is 4.83. The molecule has 2 aromatic carbocycles. The van der Waals surface area contributed by atoms with Crippen molar-refractivity contribution >= 4 is 33.4 Å². The quantitative estimate of drug-likeness (QED) is 0.377. The molecule has 0 bridgehead atoms. The van der Waals surface area contributed by atoms with Crippen molar-refractivity contribution in [2.24, 2.45) is 5.14 Å². The standard InChI is InChI=1S/C19H19N5O4S.ClH/c20-18-16(23-19(25)28-14-4-2-1-3-5-14)10-11-17(24-18)22-12-13-6-8-15(9-7-13)29(21,26)27;/h1-11H,12H2,(H,23,25)(H3,20,22,24)(H2,21,26,27);1H. The summed E-state index contributed by atoms with van der Waals surface area (Å²) >= 11 is 0. The number of para-hydroxylation sites is 1. The van der Waals surface area contributed by atoms with E-state index in [1.165, 1.54) is 12.1 Å². The lowest BCUT2D eigenvalue weighted by Crippen LogP contribution is -3.00. The number of nitrogens with one attached hydrogen (secondary N) is 3. The van der Waals surface area contributed by atoms with Crippen LogP contribution in [0.4, 0.5) is 22.1 Å². The van der Waals surface area contributed by atoms with Gasteiger partial charge in [0, 0.05) is 6.07 Å². The maximum atomic E-state index is 12.0. The molecule has 0 aliphatic carbocycles. The molecule has 0 unspecified atom stereocenters. The Kier molecular flexibility index (Phi) is 7.59. The lowest BCUT2D eigenvalue weighted by molar-refractivity contribution is -0.342. The van der Waals surface area contributed by atoms with Crippen LogP contribution in [-0.2, 0) is 16.6 Å². The van der Waals surface area contributed by atoms with Crippen molar-refractivity contribution in [1.29, 1.82) is 0 Å². The molecule has 0 radical (unpaired) electrons. The van der Waals surface area contributed by atoms with Crippen molar-refractivity contribution in [2.45, 2.75) is 11.4 Å². The van der Waals surface area contributed by atoms with Crippen LogP contribution in [0, 0.1) is 0 Å². The first-order valence-corrected chi connectivity index (χ1v) is 10.1. The predicted octanol–water partition coefficient (Wildman–Crippen LogP) is -1.04. The fraction of sp³-hybridized carbons (Fsp3) is 0.0526. The number of rotatable bonds is 6. The van der Waals surface area contributed by atoms with Crippen LogP contribution in [0.5, 0.6) is 5.75 Å². The summed E-state index contributed by atoms with van der Waals surface area (Å²) in [5.41, 5.74) is 7.17. The molecule has 0 aliphatic rings. The maximum Gasteiger partial charge on any atom is 0.417 e. The molecule has 0 saturated carbocycles. The summed E-state index contributed by atoms with van der Waals surface area (Å²) in [5, 5.41) is 10.8. The summed E-state index contributed by atoms with van der Waals surface area (Å²) < 4.78 is 27.7. The number of H-pyrrole nitrogens is 1. The number of aromatic amines is 1. The predicted molar refractivity (Wildman–Crippen MR) is 109 cm³/mol. The molecule has 0 aliphatic heterocycles. The lowest BCUT2D eigenvalue weighted by atomic mass is 10.2.